The molecule has 1 aliphatic rings. The SMILES string of the molecule is CN/C(=C\C(=N)C(C)(C)C)NC(=O)c1ccc(C)c(Oc2ncnc3cnc(N4CCCN(C)CC4)nc23)c1. The van der Waals surface area contributed by atoms with E-state index in [9.17, 15) is 4.79 Å². The van der Waals surface area contributed by atoms with Crippen molar-refractivity contribution < 1.29 is 9.53 Å². The Morgan fingerprint density at radius 3 is 2.67 bits per heavy atom. The molecule has 3 N–H and O–H groups in total. The molecule has 0 bridgehead atoms. The Kier molecular flexibility index (Phi) is 8.39. The molecule has 11 heteroatoms. The molecule has 0 atom stereocenters. The summed E-state index contributed by atoms with van der Waals surface area (Å²) < 4.78 is 6.23. The molecular formula is C28H37N9O2. The summed E-state index contributed by atoms with van der Waals surface area (Å²) in [5, 5.41) is 14.0. The molecule has 1 aliphatic heterocycles. The maximum Gasteiger partial charge on any atom is 0.256 e. The molecule has 0 aliphatic carbocycles. The third kappa shape index (κ3) is 6.85. The average Bonchev–Trinajstić information content (AvgIpc) is 3.13. The van der Waals surface area contributed by atoms with E-state index in [2.05, 4.69) is 42.4 Å². The van der Waals surface area contributed by atoms with Crippen LogP contribution in [0.15, 0.2) is 42.6 Å². The lowest BCUT2D eigenvalue weighted by Crippen LogP contribution is -2.31. The maximum absolute atomic E-state index is 13.1. The van der Waals surface area contributed by atoms with E-state index < -0.39 is 0 Å². The van der Waals surface area contributed by atoms with Crippen molar-refractivity contribution in [3.8, 4) is 11.6 Å². The highest BCUT2D eigenvalue weighted by molar-refractivity contribution is 5.99. The van der Waals surface area contributed by atoms with E-state index >= 15 is 0 Å². The van der Waals surface area contributed by atoms with Crippen LogP contribution >= 0.6 is 0 Å². The van der Waals surface area contributed by atoms with E-state index in [1.807, 2.05) is 33.8 Å². The quantitative estimate of drug-likeness (QED) is 0.392. The molecule has 0 unspecified atom stereocenters. The Bertz CT molecular complexity index is 1400. The zero-order valence-corrected chi connectivity index (χ0v) is 23.5. The van der Waals surface area contributed by atoms with Crippen LogP contribution in [0.1, 0.15) is 43.1 Å². The van der Waals surface area contributed by atoms with Gasteiger partial charge in [-0.25, -0.2) is 15.0 Å². The number of benzene rings is 1. The first-order valence-corrected chi connectivity index (χ1v) is 13.0. The van der Waals surface area contributed by atoms with Gasteiger partial charge in [0.2, 0.25) is 11.8 Å². The number of nitrogens with zero attached hydrogens (tertiary/aromatic N) is 6. The fourth-order valence-electron chi connectivity index (χ4n) is 3.98. The van der Waals surface area contributed by atoms with E-state index in [-0.39, 0.29) is 11.3 Å². The third-order valence-corrected chi connectivity index (χ3v) is 6.60. The lowest BCUT2D eigenvalue weighted by Gasteiger charge is -2.20. The monoisotopic (exact) mass is 531 g/mol. The maximum atomic E-state index is 13.1. The number of carbonyl (C=O) groups excluding carboxylic acids is 1. The van der Waals surface area contributed by atoms with Gasteiger partial charge in [0.1, 0.15) is 23.4 Å². The van der Waals surface area contributed by atoms with Crippen molar-refractivity contribution in [3.05, 3.63) is 53.7 Å². The van der Waals surface area contributed by atoms with Crippen molar-refractivity contribution in [2.24, 2.45) is 5.41 Å². The van der Waals surface area contributed by atoms with Crippen LogP contribution in [0.2, 0.25) is 0 Å². The summed E-state index contributed by atoms with van der Waals surface area (Å²) >= 11 is 0. The van der Waals surface area contributed by atoms with Crippen LogP contribution in [-0.4, -0.2) is 76.7 Å². The number of hydrogen-bond donors (Lipinski definition) is 3. The largest absolute Gasteiger partial charge is 0.437 e. The first kappa shape index (κ1) is 27.9. The summed E-state index contributed by atoms with van der Waals surface area (Å²) in [7, 11) is 3.82. The van der Waals surface area contributed by atoms with Crippen molar-refractivity contribution in [3.63, 3.8) is 0 Å². The van der Waals surface area contributed by atoms with E-state index in [1.54, 1.807) is 31.5 Å². The van der Waals surface area contributed by atoms with Gasteiger partial charge in [0.15, 0.2) is 5.52 Å². The number of fused-ring (bicyclic) bond motifs is 1. The van der Waals surface area contributed by atoms with Gasteiger partial charge in [-0.3, -0.25) is 4.79 Å². The highest BCUT2D eigenvalue weighted by Crippen LogP contribution is 2.29. The number of carbonyl (C=O) groups is 1. The van der Waals surface area contributed by atoms with Gasteiger partial charge in [-0.05, 0) is 50.7 Å². The minimum Gasteiger partial charge on any atom is -0.437 e. The lowest BCUT2D eigenvalue weighted by atomic mass is 9.90. The van der Waals surface area contributed by atoms with Crippen molar-refractivity contribution in [2.45, 2.75) is 34.1 Å². The molecule has 1 fully saturated rings. The first-order chi connectivity index (χ1) is 18.5. The molecule has 1 saturated heterocycles. The number of anilines is 1. The number of aryl methyl sites for hydroxylation is 1. The molecule has 39 heavy (non-hydrogen) atoms. The van der Waals surface area contributed by atoms with Crippen LogP contribution in [0.3, 0.4) is 0 Å². The number of nitrogens with one attached hydrogen (secondary N) is 3. The second kappa shape index (κ2) is 11.7. The Morgan fingerprint density at radius 2 is 1.92 bits per heavy atom. The lowest BCUT2D eigenvalue weighted by molar-refractivity contribution is 0.0963. The summed E-state index contributed by atoms with van der Waals surface area (Å²) in [5.74, 6) is 1.51. The zero-order chi connectivity index (χ0) is 28.2. The summed E-state index contributed by atoms with van der Waals surface area (Å²) in [6.07, 6.45) is 5.76. The van der Waals surface area contributed by atoms with E-state index in [1.165, 1.54) is 6.33 Å². The van der Waals surface area contributed by atoms with Gasteiger partial charge < -0.3 is 30.6 Å². The Morgan fingerprint density at radius 1 is 1.13 bits per heavy atom. The number of allylic oxidation sites excluding steroid dienone is 1. The van der Waals surface area contributed by atoms with Crippen molar-refractivity contribution >= 4 is 28.6 Å². The minimum atomic E-state index is -0.342. The van der Waals surface area contributed by atoms with Crippen LogP contribution in [0.5, 0.6) is 11.6 Å². The highest BCUT2D eigenvalue weighted by Gasteiger charge is 2.19. The van der Waals surface area contributed by atoms with E-state index in [0.717, 1.165) is 38.2 Å². The number of hydrogen-bond acceptors (Lipinski definition) is 10. The molecule has 11 nitrogen and oxygen atoms in total. The molecule has 0 saturated carbocycles. The molecule has 3 heterocycles. The molecule has 0 radical (unpaired) electrons. The molecule has 2 aromatic heterocycles. The fraction of sp³-hybridized carbons (Fsp3) is 0.429. The van der Waals surface area contributed by atoms with Crippen LogP contribution in [0.25, 0.3) is 11.0 Å². The average molecular weight is 532 g/mol. The second-order valence-electron chi connectivity index (χ2n) is 10.7. The minimum absolute atomic E-state index is 0.297. The molecule has 206 valence electrons. The Balaban J connectivity index is 1.59. The van der Waals surface area contributed by atoms with Gasteiger partial charge in [0.25, 0.3) is 5.91 Å². The fourth-order valence-corrected chi connectivity index (χ4v) is 3.98. The Hall–Kier alpha value is -4.12. The standard InChI is InChI=1S/C28H37N9O2/c1-18-8-9-19(25(38)34-23(30-5)15-22(29)28(2,3)4)14-21(18)39-26-24-20(32-17-33-26)16-31-27(35-24)37-11-7-10-36(6)12-13-37/h8-9,14-17,29-30H,7,10-13H2,1-6H3,(H,34,38)/b23-15+,29-22?. The summed E-state index contributed by atoms with van der Waals surface area (Å²) in [6, 6.07) is 5.23. The van der Waals surface area contributed by atoms with Crippen molar-refractivity contribution in [1.29, 1.82) is 5.41 Å². The molecule has 3 aromatic rings. The third-order valence-electron chi connectivity index (χ3n) is 6.60. The molecular weight excluding hydrogens is 494 g/mol. The molecule has 4 rings (SSSR count). The smallest absolute Gasteiger partial charge is 0.256 e. The Labute approximate surface area is 229 Å². The van der Waals surface area contributed by atoms with Gasteiger partial charge in [-0.15, -0.1) is 0 Å². The van der Waals surface area contributed by atoms with Gasteiger partial charge in [0.05, 0.1) is 6.20 Å². The summed E-state index contributed by atoms with van der Waals surface area (Å²) in [5.41, 5.74) is 2.38. The van der Waals surface area contributed by atoms with Crippen LogP contribution in [0, 0.1) is 17.7 Å². The van der Waals surface area contributed by atoms with E-state index in [0.29, 0.717) is 45.7 Å². The predicted molar refractivity (Wildman–Crippen MR) is 152 cm³/mol. The van der Waals surface area contributed by atoms with Gasteiger partial charge in [0, 0.05) is 43.4 Å². The summed E-state index contributed by atoms with van der Waals surface area (Å²) in [6.45, 7) is 11.4. The van der Waals surface area contributed by atoms with Crippen LogP contribution < -0.4 is 20.3 Å². The van der Waals surface area contributed by atoms with Crippen LogP contribution in [0.4, 0.5) is 5.95 Å². The highest BCUT2D eigenvalue weighted by atomic mass is 16.5. The number of rotatable bonds is 7. The molecule has 1 aromatic carbocycles. The van der Waals surface area contributed by atoms with Gasteiger partial charge in [-0.2, -0.15) is 4.98 Å². The molecule has 0 spiro atoms. The van der Waals surface area contributed by atoms with Crippen molar-refractivity contribution in [2.75, 3.05) is 45.2 Å². The first-order valence-electron chi connectivity index (χ1n) is 13.0. The topological polar surface area (TPSA) is 132 Å². The van der Waals surface area contributed by atoms with Gasteiger partial charge >= 0.3 is 0 Å². The zero-order valence-electron chi connectivity index (χ0n) is 23.5. The predicted octanol–water partition coefficient (Wildman–Crippen LogP) is 3.52. The molecule has 1 amide bonds. The van der Waals surface area contributed by atoms with Crippen molar-refractivity contribution in [1.82, 2.24) is 35.5 Å². The second-order valence-corrected chi connectivity index (χ2v) is 10.7. The van der Waals surface area contributed by atoms with E-state index in [4.69, 9.17) is 15.1 Å². The number of ether oxygens (including phenoxy) is 1. The van der Waals surface area contributed by atoms with Gasteiger partial charge in [-0.1, -0.05) is 26.8 Å². The van der Waals surface area contributed by atoms with Crippen LogP contribution in [-0.2, 0) is 0 Å². The summed E-state index contributed by atoms with van der Waals surface area (Å²) in [4.78, 5) is 35.5. The normalized spacial score (nSPS) is 15.1. The number of likely N-dealkylation sites (N-methyl/N-ethyl adjacent to an activating group) is 1. The number of aromatic nitrogens is 4. The number of amides is 1.